The van der Waals surface area contributed by atoms with Crippen LogP contribution in [0.1, 0.15) is 18.9 Å². The number of nitrogens with one attached hydrogen (secondary N) is 1. The number of aromatic nitrogens is 1. The summed E-state index contributed by atoms with van der Waals surface area (Å²) in [5, 5.41) is 12.0. The molecule has 0 aliphatic carbocycles. The maximum Gasteiger partial charge on any atom is 0.239 e. The molecular weight excluding hydrogens is 218 g/mol. The molecule has 2 N–H and O–H groups in total. The normalized spacial score (nSPS) is 10.1. The lowest BCUT2D eigenvalue weighted by Crippen LogP contribution is -2.36. The molecule has 17 heavy (non-hydrogen) atoms. The number of carbonyl (C=O) groups excluding carboxylic acids is 1. The molecule has 94 valence electrons. The predicted molar refractivity (Wildman–Crippen MR) is 66.7 cm³/mol. The molecule has 5 heteroatoms. The minimum atomic E-state index is -0.0793. The van der Waals surface area contributed by atoms with Crippen LogP contribution in [0.4, 0.5) is 5.82 Å². The Morgan fingerprint density at radius 3 is 3.00 bits per heavy atom. The van der Waals surface area contributed by atoms with Crippen molar-refractivity contribution in [3.05, 3.63) is 23.9 Å². The van der Waals surface area contributed by atoms with Crippen LogP contribution >= 0.6 is 0 Å². The van der Waals surface area contributed by atoms with Gasteiger partial charge in [0.1, 0.15) is 5.82 Å². The lowest BCUT2D eigenvalue weighted by Gasteiger charge is -2.19. The number of hydrogen-bond acceptors (Lipinski definition) is 4. The third kappa shape index (κ3) is 4.03. The molecule has 5 nitrogen and oxygen atoms in total. The summed E-state index contributed by atoms with van der Waals surface area (Å²) in [7, 11) is 1.78. The zero-order valence-electron chi connectivity index (χ0n) is 10.3. The molecule has 1 aromatic heterocycles. The van der Waals surface area contributed by atoms with Gasteiger partial charge in [0.15, 0.2) is 0 Å². The summed E-state index contributed by atoms with van der Waals surface area (Å²) in [6.45, 7) is 2.85. The number of nitrogens with zero attached hydrogens (tertiary/aromatic N) is 2. The van der Waals surface area contributed by atoms with Crippen LogP contribution in [0.2, 0.25) is 0 Å². The molecule has 0 unspecified atom stereocenters. The Kier molecular flexibility index (Phi) is 5.42. The second-order valence-corrected chi connectivity index (χ2v) is 3.85. The van der Waals surface area contributed by atoms with Crippen molar-refractivity contribution < 1.29 is 9.90 Å². The van der Waals surface area contributed by atoms with E-state index in [0.29, 0.717) is 12.4 Å². The Morgan fingerprint density at radius 2 is 2.35 bits per heavy atom. The van der Waals surface area contributed by atoms with Crippen molar-refractivity contribution in [1.29, 1.82) is 0 Å². The van der Waals surface area contributed by atoms with Crippen LogP contribution in [-0.4, -0.2) is 36.1 Å². The lowest BCUT2D eigenvalue weighted by molar-refractivity contribution is -0.119. The molecule has 1 amide bonds. The quantitative estimate of drug-likeness (QED) is 0.757. The number of rotatable bonds is 6. The maximum absolute atomic E-state index is 11.5. The van der Waals surface area contributed by atoms with Crippen LogP contribution in [0.3, 0.4) is 0 Å². The lowest BCUT2D eigenvalue weighted by atomic mass is 10.2. The van der Waals surface area contributed by atoms with Gasteiger partial charge in [0.25, 0.3) is 0 Å². The van der Waals surface area contributed by atoms with Gasteiger partial charge in [0.05, 0.1) is 13.2 Å². The predicted octanol–water partition coefficient (Wildman–Crippen LogP) is 0.536. The van der Waals surface area contributed by atoms with Gasteiger partial charge in [-0.05, 0) is 12.5 Å². The highest BCUT2D eigenvalue weighted by Crippen LogP contribution is 2.14. The first-order valence-corrected chi connectivity index (χ1v) is 5.71. The van der Waals surface area contributed by atoms with E-state index < -0.39 is 0 Å². The van der Waals surface area contributed by atoms with E-state index >= 15 is 0 Å². The van der Waals surface area contributed by atoms with E-state index in [1.165, 1.54) is 0 Å². The van der Waals surface area contributed by atoms with Crippen LogP contribution in [0.25, 0.3) is 0 Å². The first-order chi connectivity index (χ1) is 8.19. The molecule has 0 spiro atoms. The average molecular weight is 237 g/mol. The summed E-state index contributed by atoms with van der Waals surface area (Å²) < 4.78 is 0. The number of aliphatic hydroxyl groups is 1. The zero-order valence-corrected chi connectivity index (χ0v) is 10.3. The van der Waals surface area contributed by atoms with Gasteiger partial charge in [0, 0.05) is 25.4 Å². The van der Waals surface area contributed by atoms with Crippen LogP contribution in [-0.2, 0) is 11.4 Å². The Balaban J connectivity index is 2.62. The topological polar surface area (TPSA) is 65.5 Å². The van der Waals surface area contributed by atoms with Crippen LogP contribution in [0.5, 0.6) is 0 Å². The van der Waals surface area contributed by atoms with Gasteiger partial charge in [-0.2, -0.15) is 0 Å². The minimum absolute atomic E-state index is 0.0381. The van der Waals surface area contributed by atoms with E-state index in [9.17, 15) is 9.90 Å². The van der Waals surface area contributed by atoms with Gasteiger partial charge < -0.3 is 15.3 Å². The Bertz CT molecular complexity index is 369. The third-order valence-corrected chi connectivity index (χ3v) is 2.35. The number of pyridine rings is 1. The van der Waals surface area contributed by atoms with Gasteiger partial charge in [-0.1, -0.05) is 13.0 Å². The van der Waals surface area contributed by atoms with Crippen molar-refractivity contribution in [2.24, 2.45) is 0 Å². The summed E-state index contributed by atoms with van der Waals surface area (Å²) in [5.41, 5.74) is 0.721. The molecule has 1 aromatic rings. The van der Waals surface area contributed by atoms with Crippen molar-refractivity contribution in [3.63, 3.8) is 0 Å². The second-order valence-electron chi connectivity index (χ2n) is 3.85. The van der Waals surface area contributed by atoms with Gasteiger partial charge in [-0.3, -0.25) is 4.79 Å². The van der Waals surface area contributed by atoms with Crippen molar-refractivity contribution >= 4 is 11.7 Å². The fourth-order valence-electron chi connectivity index (χ4n) is 1.51. The fraction of sp³-hybridized carbons (Fsp3) is 0.500. The number of likely N-dealkylation sites (N-methyl/N-ethyl adjacent to an activating group) is 1. The smallest absolute Gasteiger partial charge is 0.239 e. The molecule has 0 aliphatic rings. The van der Waals surface area contributed by atoms with E-state index in [2.05, 4.69) is 10.3 Å². The van der Waals surface area contributed by atoms with Crippen LogP contribution in [0, 0.1) is 0 Å². The third-order valence-electron chi connectivity index (χ3n) is 2.35. The van der Waals surface area contributed by atoms with E-state index in [-0.39, 0.29) is 19.1 Å². The monoisotopic (exact) mass is 237 g/mol. The summed E-state index contributed by atoms with van der Waals surface area (Å²) in [6, 6.07) is 3.56. The summed E-state index contributed by atoms with van der Waals surface area (Å²) in [4.78, 5) is 17.4. The average Bonchev–Trinajstić information content (AvgIpc) is 2.36. The summed E-state index contributed by atoms with van der Waals surface area (Å²) >= 11 is 0. The summed E-state index contributed by atoms with van der Waals surface area (Å²) in [6.07, 6.45) is 2.57. The molecule has 0 aromatic carbocycles. The Hall–Kier alpha value is -1.62. The van der Waals surface area contributed by atoms with Crippen molar-refractivity contribution in [2.75, 3.05) is 25.0 Å². The fourth-order valence-corrected chi connectivity index (χ4v) is 1.51. The first kappa shape index (κ1) is 13.4. The molecular formula is C12H19N3O2. The standard InChI is InChI=1S/C12H19N3O2/c1-3-6-13-11(17)8-15(2)12-10(9-16)5-4-7-14-12/h4-5,7,16H,3,6,8-9H2,1-2H3,(H,13,17). The van der Waals surface area contributed by atoms with Crippen LogP contribution in [0.15, 0.2) is 18.3 Å². The molecule has 0 radical (unpaired) electrons. The van der Waals surface area contributed by atoms with E-state index in [1.54, 1.807) is 30.3 Å². The van der Waals surface area contributed by atoms with Gasteiger partial charge in [-0.15, -0.1) is 0 Å². The van der Waals surface area contributed by atoms with Gasteiger partial charge in [0.2, 0.25) is 5.91 Å². The number of hydrogen-bond donors (Lipinski definition) is 2. The largest absolute Gasteiger partial charge is 0.392 e. The summed E-state index contributed by atoms with van der Waals surface area (Å²) in [5.74, 6) is 0.602. The molecule has 1 heterocycles. The number of amides is 1. The minimum Gasteiger partial charge on any atom is -0.392 e. The Morgan fingerprint density at radius 1 is 1.59 bits per heavy atom. The molecule has 0 bridgehead atoms. The highest BCUT2D eigenvalue weighted by atomic mass is 16.3. The second kappa shape index (κ2) is 6.85. The first-order valence-electron chi connectivity index (χ1n) is 5.71. The SMILES string of the molecule is CCCNC(=O)CN(C)c1ncccc1CO. The molecule has 0 fully saturated rings. The van der Waals surface area contributed by atoms with Crippen molar-refractivity contribution in [1.82, 2.24) is 10.3 Å². The number of aliphatic hydroxyl groups excluding tert-OH is 1. The molecule has 0 atom stereocenters. The molecule has 0 aliphatic heterocycles. The maximum atomic E-state index is 11.5. The number of anilines is 1. The molecule has 1 rings (SSSR count). The van der Waals surface area contributed by atoms with E-state index in [0.717, 1.165) is 12.0 Å². The van der Waals surface area contributed by atoms with Crippen molar-refractivity contribution in [2.45, 2.75) is 20.0 Å². The highest BCUT2D eigenvalue weighted by molar-refractivity contribution is 5.81. The molecule has 0 saturated heterocycles. The zero-order chi connectivity index (χ0) is 12.7. The number of carbonyl (C=O) groups is 1. The van der Waals surface area contributed by atoms with Crippen molar-refractivity contribution in [3.8, 4) is 0 Å². The van der Waals surface area contributed by atoms with Gasteiger partial charge >= 0.3 is 0 Å². The van der Waals surface area contributed by atoms with Gasteiger partial charge in [-0.25, -0.2) is 4.98 Å². The van der Waals surface area contributed by atoms with E-state index in [1.807, 2.05) is 6.92 Å². The molecule has 0 saturated carbocycles. The highest BCUT2D eigenvalue weighted by Gasteiger charge is 2.11. The Labute approximate surface area is 101 Å². The van der Waals surface area contributed by atoms with Crippen LogP contribution < -0.4 is 10.2 Å². The van der Waals surface area contributed by atoms with E-state index in [4.69, 9.17) is 0 Å².